The Hall–Kier alpha value is -3.22. The van der Waals surface area contributed by atoms with Crippen molar-refractivity contribution in [1.82, 2.24) is 19.7 Å². The van der Waals surface area contributed by atoms with E-state index >= 15 is 0 Å². The van der Waals surface area contributed by atoms with Gasteiger partial charge in [0, 0.05) is 25.5 Å². The zero-order valence-electron chi connectivity index (χ0n) is 14.5. The van der Waals surface area contributed by atoms with Gasteiger partial charge in [-0.1, -0.05) is 19.1 Å². The first-order valence-corrected chi connectivity index (χ1v) is 8.48. The number of carbonyl (C=O) groups excluding carboxylic acids is 1. The molecule has 7 nitrogen and oxygen atoms in total. The standard InChI is InChI=1S/C19H20N4O3/c1-2-11-22(12-14-7-9-20-10-8-14)17(24)13-23-19(26)16-6-4-3-5-15(16)18(25)21-23/h3-10H,2,11-13H2,1H3,(H,21,25). The van der Waals surface area contributed by atoms with Crippen LogP contribution in [0.4, 0.5) is 0 Å². The molecule has 0 aliphatic heterocycles. The number of pyridine rings is 1. The minimum Gasteiger partial charge on any atom is -0.337 e. The van der Waals surface area contributed by atoms with Gasteiger partial charge >= 0.3 is 0 Å². The Kier molecular flexibility index (Phi) is 5.26. The van der Waals surface area contributed by atoms with Gasteiger partial charge in [-0.3, -0.25) is 24.5 Å². The highest BCUT2D eigenvalue weighted by atomic mass is 16.2. The molecule has 3 rings (SSSR count). The molecule has 0 saturated carbocycles. The highest BCUT2D eigenvalue weighted by Crippen LogP contribution is 2.06. The minimum atomic E-state index is -0.385. The minimum absolute atomic E-state index is 0.204. The van der Waals surface area contributed by atoms with E-state index in [9.17, 15) is 14.4 Å². The Labute approximate surface area is 149 Å². The number of fused-ring (bicyclic) bond motifs is 1. The topological polar surface area (TPSA) is 88.1 Å². The molecular formula is C19H20N4O3. The fourth-order valence-electron chi connectivity index (χ4n) is 2.86. The summed E-state index contributed by atoms with van der Waals surface area (Å²) in [6.07, 6.45) is 4.14. The van der Waals surface area contributed by atoms with Crippen LogP contribution in [0.5, 0.6) is 0 Å². The number of H-pyrrole nitrogens is 1. The summed E-state index contributed by atoms with van der Waals surface area (Å²) in [5.74, 6) is -0.225. The van der Waals surface area contributed by atoms with Crippen molar-refractivity contribution in [1.29, 1.82) is 0 Å². The maximum Gasteiger partial charge on any atom is 0.273 e. The molecule has 0 radical (unpaired) electrons. The van der Waals surface area contributed by atoms with Crippen LogP contribution >= 0.6 is 0 Å². The second kappa shape index (κ2) is 7.77. The molecule has 0 bridgehead atoms. The van der Waals surface area contributed by atoms with Crippen LogP contribution < -0.4 is 11.1 Å². The van der Waals surface area contributed by atoms with Gasteiger partial charge in [-0.05, 0) is 36.2 Å². The van der Waals surface area contributed by atoms with Gasteiger partial charge < -0.3 is 4.90 Å². The molecule has 7 heteroatoms. The van der Waals surface area contributed by atoms with Crippen LogP contribution in [-0.4, -0.2) is 32.1 Å². The molecule has 0 atom stereocenters. The number of nitrogens with one attached hydrogen (secondary N) is 1. The van der Waals surface area contributed by atoms with Crippen molar-refractivity contribution in [3.63, 3.8) is 0 Å². The third kappa shape index (κ3) is 3.72. The number of amides is 1. The van der Waals surface area contributed by atoms with Crippen LogP contribution in [0.2, 0.25) is 0 Å². The highest BCUT2D eigenvalue weighted by molar-refractivity contribution is 5.81. The molecule has 0 unspecified atom stereocenters. The van der Waals surface area contributed by atoms with E-state index in [4.69, 9.17) is 0 Å². The van der Waals surface area contributed by atoms with Crippen molar-refractivity contribution in [3.8, 4) is 0 Å². The van der Waals surface area contributed by atoms with Gasteiger partial charge in [0.05, 0.1) is 10.8 Å². The third-order valence-corrected chi connectivity index (χ3v) is 4.15. The molecule has 0 spiro atoms. The predicted molar refractivity (Wildman–Crippen MR) is 98.8 cm³/mol. The molecule has 2 aromatic heterocycles. The van der Waals surface area contributed by atoms with E-state index in [1.165, 1.54) is 0 Å². The van der Waals surface area contributed by atoms with Gasteiger partial charge in [0.25, 0.3) is 11.1 Å². The van der Waals surface area contributed by atoms with Gasteiger partial charge in [0.15, 0.2) is 0 Å². The lowest BCUT2D eigenvalue weighted by Gasteiger charge is -2.22. The fourth-order valence-corrected chi connectivity index (χ4v) is 2.86. The van der Waals surface area contributed by atoms with Crippen LogP contribution in [0, 0.1) is 0 Å². The summed E-state index contributed by atoms with van der Waals surface area (Å²) in [6.45, 7) is 2.77. The third-order valence-electron chi connectivity index (χ3n) is 4.15. The van der Waals surface area contributed by atoms with Gasteiger partial charge in [-0.2, -0.15) is 0 Å². The van der Waals surface area contributed by atoms with Crippen LogP contribution in [0.25, 0.3) is 10.8 Å². The lowest BCUT2D eigenvalue weighted by Crippen LogP contribution is -2.39. The molecule has 2 heterocycles. The van der Waals surface area contributed by atoms with E-state index < -0.39 is 0 Å². The van der Waals surface area contributed by atoms with E-state index in [2.05, 4.69) is 10.1 Å². The Morgan fingerprint density at radius 2 is 1.81 bits per heavy atom. The average molecular weight is 352 g/mol. The Balaban J connectivity index is 1.88. The number of hydrogen-bond acceptors (Lipinski definition) is 4. The van der Waals surface area contributed by atoms with Crippen LogP contribution in [0.15, 0.2) is 58.4 Å². The van der Waals surface area contributed by atoms with Crippen molar-refractivity contribution in [2.24, 2.45) is 0 Å². The van der Waals surface area contributed by atoms with Crippen LogP contribution in [0.3, 0.4) is 0 Å². The van der Waals surface area contributed by atoms with Crippen molar-refractivity contribution >= 4 is 16.7 Å². The fraction of sp³-hybridized carbons (Fsp3) is 0.263. The van der Waals surface area contributed by atoms with E-state index in [1.807, 2.05) is 19.1 Å². The molecule has 1 amide bonds. The predicted octanol–water partition coefficient (Wildman–Crippen LogP) is 1.52. The van der Waals surface area contributed by atoms with Crippen molar-refractivity contribution in [2.45, 2.75) is 26.4 Å². The summed E-state index contributed by atoms with van der Waals surface area (Å²) < 4.78 is 1.09. The quantitative estimate of drug-likeness (QED) is 0.729. The van der Waals surface area contributed by atoms with Gasteiger partial charge in [-0.25, -0.2) is 4.68 Å². The molecule has 0 fully saturated rings. The highest BCUT2D eigenvalue weighted by Gasteiger charge is 2.16. The normalized spacial score (nSPS) is 10.8. The molecule has 0 aliphatic rings. The summed E-state index contributed by atoms with van der Waals surface area (Å²) >= 11 is 0. The van der Waals surface area contributed by atoms with Gasteiger partial charge in [0.1, 0.15) is 6.54 Å². The second-order valence-corrected chi connectivity index (χ2v) is 6.05. The van der Waals surface area contributed by atoms with Gasteiger partial charge in [0.2, 0.25) is 5.91 Å². The number of aromatic nitrogens is 3. The maximum absolute atomic E-state index is 12.7. The molecule has 1 aromatic carbocycles. The smallest absolute Gasteiger partial charge is 0.273 e. The first-order valence-electron chi connectivity index (χ1n) is 8.48. The molecule has 26 heavy (non-hydrogen) atoms. The number of hydrogen-bond donors (Lipinski definition) is 1. The summed E-state index contributed by atoms with van der Waals surface area (Å²) in [5, 5.41) is 3.13. The monoisotopic (exact) mass is 352 g/mol. The summed E-state index contributed by atoms with van der Waals surface area (Å²) in [6, 6.07) is 10.3. The number of rotatable bonds is 6. The number of benzene rings is 1. The van der Waals surface area contributed by atoms with E-state index in [0.29, 0.717) is 23.9 Å². The first-order chi connectivity index (χ1) is 12.6. The SMILES string of the molecule is CCCN(Cc1ccncc1)C(=O)Cn1[nH]c(=O)c2ccccc2c1=O. The lowest BCUT2D eigenvalue weighted by molar-refractivity contribution is -0.132. The van der Waals surface area contributed by atoms with E-state index in [0.717, 1.165) is 16.7 Å². The summed E-state index contributed by atoms with van der Waals surface area (Å²) in [5.41, 5.74) is 0.194. The van der Waals surface area contributed by atoms with Crippen molar-refractivity contribution < 1.29 is 4.79 Å². The van der Waals surface area contributed by atoms with Crippen LogP contribution in [0.1, 0.15) is 18.9 Å². The molecule has 134 valence electrons. The molecule has 3 aromatic rings. The Morgan fingerprint density at radius 1 is 1.12 bits per heavy atom. The van der Waals surface area contributed by atoms with Gasteiger partial charge in [-0.15, -0.1) is 0 Å². The summed E-state index contributed by atoms with van der Waals surface area (Å²) in [4.78, 5) is 43.1. The van der Waals surface area contributed by atoms with Crippen molar-refractivity contribution in [2.75, 3.05) is 6.54 Å². The first kappa shape index (κ1) is 17.6. The molecule has 0 saturated heterocycles. The zero-order chi connectivity index (χ0) is 18.5. The second-order valence-electron chi connectivity index (χ2n) is 6.05. The number of aromatic amines is 1. The van der Waals surface area contributed by atoms with Crippen molar-refractivity contribution in [3.05, 3.63) is 75.1 Å². The average Bonchev–Trinajstić information content (AvgIpc) is 2.66. The Bertz CT molecular complexity index is 1020. The largest absolute Gasteiger partial charge is 0.337 e. The van der Waals surface area contributed by atoms with Crippen LogP contribution in [-0.2, 0) is 17.9 Å². The zero-order valence-corrected chi connectivity index (χ0v) is 14.5. The Morgan fingerprint density at radius 3 is 2.50 bits per heavy atom. The molecule has 1 N–H and O–H groups in total. The number of nitrogens with zero attached hydrogens (tertiary/aromatic N) is 3. The maximum atomic E-state index is 12.7. The molecular weight excluding hydrogens is 332 g/mol. The molecule has 0 aliphatic carbocycles. The van der Waals surface area contributed by atoms with E-state index in [1.54, 1.807) is 41.6 Å². The van der Waals surface area contributed by atoms with E-state index in [-0.39, 0.29) is 23.6 Å². The lowest BCUT2D eigenvalue weighted by atomic mass is 10.2. The summed E-state index contributed by atoms with van der Waals surface area (Å²) in [7, 11) is 0. The number of carbonyl (C=O) groups is 1.